The molecule has 0 aliphatic carbocycles. The molecule has 1 atom stereocenters. The number of pyridine rings is 1. The van der Waals surface area contributed by atoms with Gasteiger partial charge in [0.25, 0.3) is 5.91 Å². The summed E-state index contributed by atoms with van der Waals surface area (Å²) in [7, 11) is 1.58. The van der Waals surface area contributed by atoms with E-state index >= 15 is 0 Å². The second kappa shape index (κ2) is 10.5. The highest BCUT2D eigenvalue weighted by molar-refractivity contribution is 6.29. The number of benzene rings is 1. The maximum atomic E-state index is 12.5. The summed E-state index contributed by atoms with van der Waals surface area (Å²) in [6, 6.07) is 8.74. The summed E-state index contributed by atoms with van der Waals surface area (Å²) < 4.78 is 16.0. The molecule has 8 heteroatoms. The summed E-state index contributed by atoms with van der Waals surface area (Å²) in [4.78, 5) is 27.8. The zero-order valence-corrected chi connectivity index (χ0v) is 16.8. The van der Waals surface area contributed by atoms with Crippen molar-refractivity contribution >= 4 is 23.5 Å². The normalized spacial score (nSPS) is 11.4. The minimum absolute atomic E-state index is 0.287. The second-order valence-corrected chi connectivity index (χ2v) is 6.25. The van der Waals surface area contributed by atoms with Crippen molar-refractivity contribution < 1.29 is 23.8 Å². The van der Waals surface area contributed by atoms with Crippen LogP contribution >= 0.6 is 11.6 Å². The van der Waals surface area contributed by atoms with Crippen LogP contribution in [0.15, 0.2) is 36.5 Å². The van der Waals surface area contributed by atoms with Gasteiger partial charge in [0.05, 0.1) is 13.7 Å². The zero-order chi connectivity index (χ0) is 20.5. The number of nitrogens with one attached hydrogen (secondary N) is 1. The number of rotatable bonds is 9. The van der Waals surface area contributed by atoms with Crippen molar-refractivity contribution in [1.29, 1.82) is 0 Å². The van der Waals surface area contributed by atoms with Gasteiger partial charge in [0.2, 0.25) is 6.10 Å². The molecule has 2 rings (SSSR count). The number of ether oxygens (including phenoxy) is 3. The Morgan fingerprint density at radius 1 is 1.21 bits per heavy atom. The molecule has 1 aromatic heterocycles. The molecule has 0 saturated carbocycles. The van der Waals surface area contributed by atoms with Gasteiger partial charge in [-0.3, -0.25) is 9.59 Å². The van der Waals surface area contributed by atoms with E-state index in [2.05, 4.69) is 10.3 Å². The van der Waals surface area contributed by atoms with Crippen LogP contribution in [0.5, 0.6) is 11.5 Å². The van der Waals surface area contributed by atoms with E-state index in [1.807, 2.05) is 25.1 Å². The molecule has 1 aromatic carbocycles. The monoisotopic (exact) mass is 406 g/mol. The first-order chi connectivity index (χ1) is 13.4. The largest absolute Gasteiger partial charge is 0.493 e. The Labute approximate surface area is 169 Å². The Kier molecular flexibility index (Phi) is 8.07. The van der Waals surface area contributed by atoms with Gasteiger partial charge >= 0.3 is 5.97 Å². The van der Waals surface area contributed by atoms with Gasteiger partial charge in [-0.1, -0.05) is 23.7 Å². The lowest BCUT2D eigenvalue weighted by molar-refractivity contribution is -0.154. The molecule has 1 unspecified atom stereocenters. The second-order valence-electron chi connectivity index (χ2n) is 5.86. The van der Waals surface area contributed by atoms with Crippen LogP contribution in [-0.2, 0) is 20.7 Å². The first-order valence-corrected chi connectivity index (χ1v) is 9.18. The predicted molar refractivity (Wildman–Crippen MR) is 105 cm³/mol. The van der Waals surface area contributed by atoms with Crippen molar-refractivity contribution in [2.75, 3.05) is 20.3 Å². The Hall–Kier alpha value is -2.80. The van der Waals surface area contributed by atoms with E-state index < -0.39 is 18.0 Å². The summed E-state index contributed by atoms with van der Waals surface area (Å²) in [6.45, 7) is 4.05. The summed E-state index contributed by atoms with van der Waals surface area (Å²) in [6.07, 6.45) is 0.893. The molecule has 7 nitrogen and oxygen atoms in total. The van der Waals surface area contributed by atoms with Gasteiger partial charge in [-0.25, -0.2) is 4.98 Å². The Morgan fingerprint density at radius 3 is 2.61 bits per heavy atom. The number of carbonyl (C=O) groups is 2. The highest BCUT2D eigenvalue weighted by atomic mass is 35.5. The molecule has 0 fully saturated rings. The number of halogens is 1. The number of aromatic nitrogens is 1. The Morgan fingerprint density at radius 2 is 2.00 bits per heavy atom. The Balaban J connectivity index is 2.00. The maximum absolute atomic E-state index is 12.5. The van der Waals surface area contributed by atoms with Crippen molar-refractivity contribution in [3.63, 3.8) is 0 Å². The molecule has 150 valence electrons. The molecule has 2 aromatic rings. The van der Waals surface area contributed by atoms with Gasteiger partial charge in [0.1, 0.15) is 5.15 Å². The molecule has 0 bridgehead atoms. The van der Waals surface area contributed by atoms with Crippen molar-refractivity contribution in [3.05, 3.63) is 52.8 Å². The van der Waals surface area contributed by atoms with E-state index in [-0.39, 0.29) is 5.15 Å². The van der Waals surface area contributed by atoms with Crippen molar-refractivity contribution in [2.24, 2.45) is 0 Å². The van der Waals surface area contributed by atoms with Crippen LogP contribution in [0.2, 0.25) is 5.15 Å². The predicted octanol–water partition coefficient (Wildman–Crippen LogP) is 3.11. The fraction of sp³-hybridized carbons (Fsp3) is 0.350. The summed E-state index contributed by atoms with van der Waals surface area (Å²) >= 11 is 5.77. The lowest BCUT2D eigenvalue weighted by Crippen LogP contribution is -2.33. The average Bonchev–Trinajstić information content (AvgIpc) is 2.68. The fourth-order valence-corrected chi connectivity index (χ4v) is 2.66. The number of nitrogens with zero attached hydrogens (tertiary/aromatic N) is 1. The van der Waals surface area contributed by atoms with E-state index in [0.717, 1.165) is 5.56 Å². The van der Waals surface area contributed by atoms with E-state index in [1.54, 1.807) is 13.2 Å². The van der Waals surface area contributed by atoms with Crippen LogP contribution in [0.1, 0.15) is 31.1 Å². The first kappa shape index (κ1) is 21.5. The van der Waals surface area contributed by atoms with Gasteiger partial charge in [0.15, 0.2) is 11.5 Å². The molecule has 28 heavy (non-hydrogen) atoms. The topological polar surface area (TPSA) is 86.8 Å². The van der Waals surface area contributed by atoms with Gasteiger partial charge in [0, 0.05) is 25.2 Å². The molecular weight excluding hydrogens is 384 g/mol. The van der Waals surface area contributed by atoms with Crippen LogP contribution in [0.3, 0.4) is 0 Å². The quantitative estimate of drug-likeness (QED) is 0.508. The molecule has 1 heterocycles. The van der Waals surface area contributed by atoms with E-state index in [0.29, 0.717) is 36.6 Å². The highest BCUT2D eigenvalue weighted by Gasteiger charge is 2.24. The highest BCUT2D eigenvalue weighted by Crippen LogP contribution is 2.28. The van der Waals surface area contributed by atoms with Crippen molar-refractivity contribution in [3.8, 4) is 11.5 Å². The standard InChI is InChI=1S/C20H23ClN2O5/c1-4-27-16-7-5-14(11-17(16)26-3)9-10-22-20(25)19(28-13(2)24)15-6-8-18(21)23-12-15/h5-8,11-12,19H,4,9-10H2,1-3H3,(H,22,25). The zero-order valence-electron chi connectivity index (χ0n) is 16.0. The van der Waals surface area contributed by atoms with Crippen LogP contribution in [-0.4, -0.2) is 37.1 Å². The molecule has 1 amide bonds. The van der Waals surface area contributed by atoms with Gasteiger partial charge < -0.3 is 19.5 Å². The number of carbonyl (C=O) groups excluding carboxylic acids is 2. The Bertz CT molecular complexity index is 811. The molecule has 0 aliphatic heterocycles. The number of hydrogen-bond acceptors (Lipinski definition) is 6. The molecule has 0 radical (unpaired) electrons. The number of hydrogen-bond donors (Lipinski definition) is 1. The van der Waals surface area contributed by atoms with Crippen LogP contribution < -0.4 is 14.8 Å². The van der Waals surface area contributed by atoms with Gasteiger partial charge in [-0.2, -0.15) is 0 Å². The molecule has 0 spiro atoms. The SMILES string of the molecule is CCOc1ccc(CCNC(=O)C(OC(C)=O)c2ccc(Cl)nc2)cc1OC. The number of esters is 1. The summed E-state index contributed by atoms with van der Waals surface area (Å²) in [5, 5.41) is 3.07. The van der Waals surface area contributed by atoms with Crippen LogP contribution in [0, 0.1) is 0 Å². The third-order valence-electron chi connectivity index (χ3n) is 3.82. The van der Waals surface area contributed by atoms with Crippen molar-refractivity contribution in [2.45, 2.75) is 26.4 Å². The molecule has 0 saturated heterocycles. The van der Waals surface area contributed by atoms with E-state index in [4.69, 9.17) is 25.8 Å². The van der Waals surface area contributed by atoms with Crippen molar-refractivity contribution in [1.82, 2.24) is 10.3 Å². The van der Waals surface area contributed by atoms with Gasteiger partial charge in [-0.15, -0.1) is 0 Å². The molecule has 0 aliphatic rings. The third-order valence-corrected chi connectivity index (χ3v) is 4.04. The maximum Gasteiger partial charge on any atom is 0.303 e. The average molecular weight is 407 g/mol. The molecular formula is C20H23ClN2O5. The summed E-state index contributed by atoms with van der Waals surface area (Å²) in [5.74, 6) is 0.308. The number of methoxy groups -OCH3 is 1. The smallest absolute Gasteiger partial charge is 0.303 e. The lowest BCUT2D eigenvalue weighted by atomic mass is 10.1. The van der Waals surface area contributed by atoms with Gasteiger partial charge in [-0.05, 0) is 37.1 Å². The van der Waals surface area contributed by atoms with Crippen LogP contribution in [0.25, 0.3) is 0 Å². The third kappa shape index (κ3) is 6.13. The van der Waals surface area contributed by atoms with E-state index in [9.17, 15) is 9.59 Å². The summed E-state index contributed by atoms with van der Waals surface area (Å²) in [5.41, 5.74) is 1.41. The fourth-order valence-electron chi connectivity index (χ4n) is 2.55. The minimum atomic E-state index is -1.09. The minimum Gasteiger partial charge on any atom is -0.493 e. The van der Waals surface area contributed by atoms with Crippen LogP contribution in [0.4, 0.5) is 0 Å². The number of amides is 1. The lowest BCUT2D eigenvalue weighted by Gasteiger charge is -2.17. The first-order valence-electron chi connectivity index (χ1n) is 8.80. The van der Waals surface area contributed by atoms with E-state index in [1.165, 1.54) is 19.2 Å². The molecule has 1 N–H and O–H groups in total.